The van der Waals surface area contributed by atoms with Gasteiger partial charge in [-0.15, -0.1) is 0 Å². The smallest absolute Gasteiger partial charge is 0.259 e. The molecule has 1 aliphatic rings. The monoisotopic (exact) mass is 472 g/mol. The van der Waals surface area contributed by atoms with E-state index in [9.17, 15) is 13.2 Å². The maximum absolute atomic E-state index is 13.0. The molecule has 1 amide bonds. The molecule has 166 valence electrons. The van der Waals surface area contributed by atoms with Crippen molar-refractivity contribution >= 4 is 33.2 Å². The first-order valence-electron chi connectivity index (χ1n) is 9.96. The molecule has 9 heteroatoms. The molecule has 0 atom stereocenters. The van der Waals surface area contributed by atoms with Crippen molar-refractivity contribution in [2.45, 2.75) is 4.90 Å². The molecule has 4 rings (SSSR count). The van der Waals surface area contributed by atoms with Gasteiger partial charge in [-0.25, -0.2) is 8.42 Å². The highest BCUT2D eigenvalue weighted by Gasteiger charge is 2.28. The Balaban J connectivity index is 1.58. The number of nitrogens with zero attached hydrogens (tertiary/aromatic N) is 1. The van der Waals surface area contributed by atoms with Gasteiger partial charge >= 0.3 is 0 Å². The van der Waals surface area contributed by atoms with Gasteiger partial charge in [-0.1, -0.05) is 41.9 Å². The maximum atomic E-state index is 13.0. The van der Waals surface area contributed by atoms with Crippen LogP contribution in [-0.4, -0.2) is 44.9 Å². The largest absolute Gasteiger partial charge is 0.457 e. The van der Waals surface area contributed by atoms with E-state index in [0.29, 0.717) is 36.0 Å². The van der Waals surface area contributed by atoms with E-state index < -0.39 is 15.9 Å². The van der Waals surface area contributed by atoms with Gasteiger partial charge in [0.05, 0.1) is 23.8 Å². The SMILES string of the molecule is O=C(Nc1ccc(Cl)c(S(=O)(=O)N2CCOCC2)c1)c1ccccc1Oc1ccccc1. The lowest BCUT2D eigenvalue weighted by Crippen LogP contribution is -2.40. The van der Waals surface area contributed by atoms with E-state index in [1.54, 1.807) is 42.5 Å². The van der Waals surface area contributed by atoms with Crippen molar-refractivity contribution in [1.82, 2.24) is 4.31 Å². The van der Waals surface area contributed by atoms with Crippen molar-refractivity contribution in [2.24, 2.45) is 0 Å². The van der Waals surface area contributed by atoms with Gasteiger partial charge < -0.3 is 14.8 Å². The summed E-state index contributed by atoms with van der Waals surface area (Å²) in [6, 6.07) is 20.3. The Labute approximate surface area is 191 Å². The molecule has 3 aromatic carbocycles. The number of carbonyl (C=O) groups excluding carboxylic acids is 1. The fraction of sp³-hybridized carbons (Fsp3) is 0.174. The summed E-state index contributed by atoms with van der Waals surface area (Å²) in [6.45, 7) is 1.15. The first-order chi connectivity index (χ1) is 15.4. The van der Waals surface area contributed by atoms with Crippen LogP contribution in [0.2, 0.25) is 5.02 Å². The Hall–Kier alpha value is -2.91. The van der Waals surface area contributed by atoms with Crippen molar-refractivity contribution < 1.29 is 22.7 Å². The molecule has 0 bridgehead atoms. The third-order valence-corrected chi connectivity index (χ3v) is 7.26. The van der Waals surface area contributed by atoms with E-state index in [0.717, 1.165) is 0 Å². The molecule has 0 aliphatic carbocycles. The number of amides is 1. The van der Waals surface area contributed by atoms with Gasteiger partial charge in [0.15, 0.2) is 0 Å². The van der Waals surface area contributed by atoms with Crippen molar-refractivity contribution in [3.63, 3.8) is 0 Å². The Morgan fingerprint density at radius 2 is 1.66 bits per heavy atom. The van der Waals surface area contributed by atoms with Gasteiger partial charge in [-0.2, -0.15) is 4.31 Å². The minimum absolute atomic E-state index is 0.0623. The number of nitrogens with one attached hydrogen (secondary N) is 1. The second-order valence-electron chi connectivity index (χ2n) is 7.03. The zero-order valence-electron chi connectivity index (χ0n) is 17.0. The number of sulfonamides is 1. The molecule has 1 saturated heterocycles. The summed E-state index contributed by atoms with van der Waals surface area (Å²) >= 11 is 6.20. The lowest BCUT2D eigenvalue weighted by atomic mass is 10.1. The minimum atomic E-state index is -3.82. The molecule has 1 N–H and O–H groups in total. The average Bonchev–Trinajstić information content (AvgIpc) is 2.82. The number of hydrogen-bond acceptors (Lipinski definition) is 5. The van der Waals surface area contributed by atoms with Crippen LogP contribution in [0.3, 0.4) is 0 Å². The molecule has 0 saturated carbocycles. The fourth-order valence-corrected chi connectivity index (χ4v) is 5.17. The zero-order valence-corrected chi connectivity index (χ0v) is 18.6. The normalized spacial score (nSPS) is 14.7. The molecule has 1 fully saturated rings. The van der Waals surface area contributed by atoms with E-state index in [1.165, 1.54) is 16.4 Å². The van der Waals surface area contributed by atoms with Crippen LogP contribution >= 0.6 is 11.6 Å². The van der Waals surface area contributed by atoms with Crippen LogP contribution in [0, 0.1) is 0 Å². The van der Waals surface area contributed by atoms with Gasteiger partial charge in [-0.3, -0.25) is 4.79 Å². The number of morpholine rings is 1. The number of benzene rings is 3. The van der Waals surface area contributed by atoms with Gasteiger partial charge in [-0.05, 0) is 42.5 Å². The molecule has 1 aliphatic heterocycles. The Kier molecular flexibility index (Phi) is 6.76. The quantitative estimate of drug-likeness (QED) is 0.574. The molecule has 0 radical (unpaired) electrons. The highest BCUT2D eigenvalue weighted by molar-refractivity contribution is 7.89. The van der Waals surface area contributed by atoms with E-state index in [-0.39, 0.29) is 23.0 Å². The first kappa shape index (κ1) is 22.3. The highest BCUT2D eigenvalue weighted by atomic mass is 35.5. The lowest BCUT2D eigenvalue weighted by molar-refractivity contribution is 0.0730. The van der Waals surface area contributed by atoms with E-state index in [2.05, 4.69) is 5.32 Å². The van der Waals surface area contributed by atoms with Gasteiger partial charge in [0, 0.05) is 18.8 Å². The summed E-state index contributed by atoms with van der Waals surface area (Å²) < 4.78 is 38.5. The van der Waals surface area contributed by atoms with Crippen molar-refractivity contribution in [3.8, 4) is 11.5 Å². The molecular weight excluding hydrogens is 452 g/mol. The van der Waals surface area contributed by atoms with Crippen molar-refractivity contribution in [2.75, 3.05) is 31.6 Å². The second kappa shape index (κ2) is 9.70. The van der Waals surface area contributed by atoms with Crippen LogP contribution in [0.4, 0.5) is 5.69 Å². The van der Waals surface area contributed by atoms with Crippen LogP contribution in [0.15, 0.2) is 77.7 Å². The summed E-state index contributed by atoms with van der Waals surface area (Å²) in [5.74, 6) is 0.540. The number of ether oxygens (including phenoxy) is 2. The number of halogens is 1. The van der Waals surface area contributed by atoms with Crippen LogP contribution < -0.4 is 10.1 Å². The number of para-hydroxylation sites is 2. The van der Waals surface area contributed by atoms with E-state index in [1.807, 2.05) is 18.2 Å². The summed E-state index contributed by atoms with van der Waals surface area (Å²) in [6.07, 6.45) is 0. The topological polar surface area (TPSA) is 84.9 Å². The van der Waals surface area contributed by atoms with E-state index in [4.69, 9.17) is 21.1 Å². The van der Waals surface area contributed by atoms with Crippen LogP contribution in [0.1, 0.15) is 10.4 Å². The standard InChI is InChI=1S/C23H21ClN2O5S/c24-20-11-10-17(16-22(20)32(28,29)26-12-14-30-15-13-26)25-23(27)19-8-4-5-9-21(19)31-18-6-2-1-3-7-18/h1-11,16H,12-15H2,(H,25,27). The number of anilines is 1. The number of rotatable bonds is 6. The molecule has 0 spiro atoms. The van der Waals surface area contributed by atoms with Crippen LogP contribution in [-0.2, 0) is 14.8 Å². The number of carbonyl (C=O) groups is 1. The van der Waals surface area contributed by atoms with E-state index >= 15 is 0 Å². The molecule has 3 aromatic rings. The summed E-state index contributed by atoms with van der Waals surface area (Å²) in [5.41, 5.74) is 0.615. The Morgan fingerprint density at radius 1 is 0.969 bits per heavy atom. The zero-order chi connectivity index (χ0) is 22.6. The van der Waals surface area contributed by atoms with Crippen molar-refractivity contribution in [1.29, 1.82) is 0 Å². The molecule has 0 unspecified atom stereocenters. The maximum Gasteiger partial charge on any atom is 0.259 e. The molecule has 0 aromatic heterocycles. The summed E-state index contributed by atoms with van der Waals surface area (Å²) in [7, 11) is -3.82. The Morgan fingerprint density at radius 3 is 2.41 bits per heavy atom. The second-order valence-corrected chi connectivity index (χ2v) is 9.34. The van der Waals surface area contributed by atoms with Gasteiger partial charge in [0.2, 0.25) is 10.0 Å². The lowest BCUT2D eigenvalue weighted by Gasteiger charge is -2.26. The third-order valence-electron chi connectivity index (χ3n) is 4.88. The Bertz CT molecular complexity index is 1210. The molecule has 7 nitrogen and oxygen atoms in total. The van der Waals surface area contributed by atoms with Gasteiger partial charge in [0.25, 0.3) is 5.91 Å². The highest BCUT2D eigenvalue weighted by Crippen LogP contribution is 2.30. The summed E-state index contributed by atoms with van der Waals surface area (Å²) in [5, 5.41) is 2.83. The average molecular weight is 473 g/mol. The predicted molar refractivity (Wildman–Crippen MR) is 122 cm³/mol. The van der Waals surface area contributed by atoms with Crippen LogP contribution in [0.5, 0.6) is 11.5 Å². The third kappa shape index (κ3) is 4.94. The molecule has 32 heavy (non-hydrogen) atoms. The van der Waals surface area contributed by atoms with Crippen LogP contribution in [0.25, 0.3) is 0 Å². The minimum Gasteiger partial charge on any atom is -0.457 e. The number of hydrogen-bond donors (Lipinski definition) is 1. The summed E-state index contributed by atoms with van der Waals surface area (Å²) in [4.78, 5) is 12.9. The first-order valence-corrected chi connectivity index (χ1v) is 11.8. The molecular formula is C23H21ClN2O5S. The van der Waals surface area contributed by atoms with Crippen molar-refractivity contribution in [3.05, 3.63) is 83.4 Å². The fourth-order valence-electron chi connectivity index (χ4n) is 3.26. The molecule has 1 heterocycles. The predicted octanol–water partition coefficient (Wildman–Crippen LogP) is 4.41. The van der Waals surface area contributed by atoms with Gasteiger partial charge in [0.1, 0.15) is 16.4 Å².